The molecule has 3 aromatic carbocycles. The van der Waals surface area contributed by atoms with Crippen LogP contribution in [-0.4, -0.2) is 16.8 Å². The van der Waals surface area contributed by atoms with E-state index in [1.807, 2.05) is 36.4 Å². The predicted molar refractivity (Wildman–Crippen MR) is 120 cm³/mol. The van der Waals surface area contributed by atoms with Crippen molar-refractivity contribution in [3.63, 3.8) is 0 Å². The number of nitrogens with zero attached hydrogens (tertiary/aromatic N) is 1. The molecule has 0 unspecified atom stereocenters. The lowest BCUT2D eigenvalue weighted by Crippen LogP contribution is -2.29. The largest absolute Gasteiger partial charge is 0.507 e. The van der Waals surface area contributed by atoms with Gasteiger partial charge in [0.25, 0.3) is 11.7 Å². The Bertz CT molecular complexity index is 1120. The van der Waals surface area contributed by atoms with Crippen LogP contribution in [0.4, 0.5) is 5.69 Å². The van der Waals surface area contributed by atoms with Crippen molar-refractivity contribution in [1.82, 2.24) is 0 Å². The molecule has 1 heterocycles. The number of aliphatic hydroxyl groups is 1. The van der Waals surface area contributed by atoms with Crippen LogP contribution in [0.25, 0.3) is 5.76 Å². The molecule has 6 heteroatoms. The van der Waals surface area contributed by atoms with Crippen LogP contribution in [0.3, 0.4) is 0 Å². The van der Waals surface area contributed by atoms with E-state index in [-0.39, 0.29) is 11.3 Å². The zero-order chi connectivity index (χ0) is 20.5. The highest BCUT2D eigenvalue weighted by molar-refractivity contribution is 9.10. The number of anilines is 1. The lowest BCUT2D eigenvalue weighted by Gasteiger charge is -2.25. The number of carbonyl (C=O) groups is 2. The molecule has 144 valence electrons. The van der Waals surface area contributed by atoms with Crippen LogP contribution in [0.15, 0.2) is 93.4 Å². The monoisotopic (exact) mass is 511 g/mol. The number of hydrogen-bond acceptors (Lipinski definition) is 3. The zero-order valence-electron chi connectivity index (χ0n) is 15.0. The lowest BCUT2D eigenvalue weighted by atomic mass is 9.95. The number of hydrogen-bond donors (Lipinski definition) is 1. The molecule has 1 N–H and O–H groups in total. The molecule has 1 amide bonds. The van der Waals surface area contributed by atoms with Crippen molar-refractivity contribution in [3.8, 4) is 0 Å². The number of benzene rings is 3. The van der Waals surface area contributed by atoms with Crippen molar-refractivity contribution < 1.29 is 14.7 Å². The Morgan fingerprint density at radius 1 is 0.828 bits per heavy atom. The summed E-state index contributed by atoms with van der Waals surface area (Å²) in [5, 5.41) is 11.0. The summed E-state index contributed by atoms with van der Waals surface area (Å²) in [5.41, 5.74) is 1.86. The summed E-state index contributed by atoms with van der Waals surface area (Å²) in [5.74, 6) is -1.57. The van der Waals surface area contributed by atoms with Crippen LogP contribution in [0.2, 0.25) is 0 Å². The van der Waals surface area contributed by atoms with Crippen molar-refractivity contribution >= 4 is 55.0 Å². The highest BCUT2D eigenvalue weighted by Gasteiger charge is 2.46. The second kappa shape index (κ2) is 7.97. The summed E-state index contributed by atoms with van der Waals surface area (Å²) in [4.78, 5) is 27.5. The van der Waals surface area contributed by atoms with Crippen LogP contribution in [0.5, 0.6) is 0 Å². The summed E-state index contributed by atoms with van der Waals surface area (Å²) >= 11 is 6.83. The Morgan fingerprint density at radius 2 is 1.52 bits per heavy atom. The average molecular weight is 513 g/mol. The smallest absolute Gasteiger partial charge is 0.300 e. The average Bonchev–Trinajstić information content (AvgIpc) is 2.99. The molecule has 0 spiro atoms. The highest BCUT2D eigenvalue weighted by atomic mass is 79.9. The molecule has 1 aliphatic heterocycles. The highest BCUT2D eigenvalue weighted by Crippen LogP contribution is 2.42. The topological polar surface area (TPSA) is 57.6 Å². The minimum Gasteiger partial charge on any atom is -0.507 e. The zero-order valence-corrected chi connectivity index (χ0v) is 18.2. The summed E-state index contributed by atoms with van der Waals surface area (Å²) in [6, 6.07) is 22.6. The first-order valence-electron chi connectivity index (χ1n) is 8.85. The van der Waals surface area contributed by atoms with Crippen molar-refractivity contribution in [1.29, 1.82) is 0 Å². The second-order valence-electron chi connectivity index (χ2n) is 6.57. The fourth-order valence-corrected chi connectivity index (χ4v) is 4.09. The Morgan fingerprint density at radius 3 is 2.17 bits per heavy atom. The number of rotatable bonds is 3. The minimum absolute atomic E-state index is 0.0727. The van der Waals surface area contributed by atoms with Crippen molar-refractivity contribution in [3.05, 3.63) is 105 Å². The molecule has 3 aromatic rings. The maximum Gasteiger partial charge on any atom is 0.300 e. The standard InChI is InChI=1S/C23H15Br2NO3/c24-16-11-9-14(10-12-16)20-19(21(27)15-5-2-1-3-6-15)22(28)23(29)26(20)18-8-4-7-17(25)13-18/h1-13,20,27H/t20-/m0/s1. The van der Waals surface area contributed by atoms with Gasteiger partial charge in [0.1, 0.15) is 5.76 Å². The van der Waals surface area contributed by atoms with E-state index in [1.54, 1.807) is 42.5 Å². The number of Topliss-reactive ketones (excluding diaryl/α,β-unsaturated/α-hetero) is 1. The van der Waals surface area contributed by atoms with Gasteiger partial charge in [0.15, 0.2) is 0 Å². The molecule has 0 aromatic heterocycles. The summed E-state index contributed by atoms with van der Waals surface area (Å²) in [6.07, 6.45) is 0. The summed E-state index contributed by atoms with van der Waals surface area (Å²) < 4.78 is 1.67. The van der Waals surface area contributed by atoms with Crippen LogP contribution in [0.1, 0.15) is 17.2 Å². The summed E-state index contributed by atoms with van der Waals surface area (Å²) in [6.45, 7) is 0. The quantitative estimate of drug-likeness (QED) is 0.272. The maximum atomic E-state index is 13.0. The number of amides is 1. The third-order valence-corrected chi connectivity index (χ3v) is 5.79. The third-order valence-electron chi connectivity index (χ3n) is 4.76. The molecular weight excluding hydrogens is 498 g/mol. The van der Waals surface area contributed by atoms with Gasteiger partial charge in [0.2, 0.25) is 0 Å². The molecule has 1 saturated heterocycles. The third kappa shape index (κ3) is 3.66. The number of aliphatic hydroxyl groups excluding tert-OH is 1. The Labute approximate surface area is 184 Å². The molecule has 1 aliphatic rings. The number of halogens is 2. The van der Waals surface area contributed by atoms with E-state index in [9.17, 15) is 14.7 Å². The first-order chi connectivity index (χ1) is 14.0. The Kier molecular flexibility index (Phi) is 5.39. The van der Waals surface area contributed by atoms with E-state index in [0.29, 0.717) is 11.3 Å². The molecule has 0 bridgehead atoms. The van der Waals surface area contributed by atoms with Gasteiger partial charge in [-0.05, 0) is 35.9 Å². The molecular formula is C23H15Br2NO3. The van der Waals surface area contributed by atoms with E-state index in [2.05, 4.69) is 31.9 Å². The van der Waals surface area contributed by atoms with Crippen molar-refractivity contribution in [2.24, 2.45) is 0 Å². The normalized spacial score (nSPS) is 18.3. The molecule has 29 heavy (non-hydrogen) atoms. The molecule has 0 radical (unpaired) electrons. The van der Waals surface area contributed by atoms with E-state index in [1.165, 1.54) is 4.90 Å². The Balaban J connectivity index is 1.96. The van der Waals surface area contributed by atoms with Crippen molar-refractivity contribution in [2.45, 2.75) is 6.04 Å². The summed E-state index contributed by atoms with van der Waals surface area (Å²) in [7, 11) is 0. The lowest BCUT2D eigenvalue weighted by molar-refractivity contribution is -0.132. The van der Waals surface area contributed by atoms with Crippen LogP contribution in [0, 0.1) is 0 Å². The molecule has 0 aliphatic carbocycles. The van der Waals surface area contributed by atoms with Gasteiger partial charge in [-0.1, -0.05) is 80.4 Å². The van der Waals surface area contributed by atoms with E-state index < -0.39 is 17.7 Å². The fraction of sp³-hybridized carbons (Fsp3) is 0.0435. The van der Waals surface area contributed by atoms with Gasteiger partial charge < -0.3 is 5.11 Å². The SMILES string of the molecule is O=C1C(=O)N(c2cccc(Br)c2)[C@@H](c2ccc(Br)cc2)C1=C(O)c1ccccc1. The molecule has 1 fully saturated rings. The van der Waals surface area contributed by atoms with Crippen LogP contribution < -0.4 is 4.90 Å². The van der Waals surface area contributed by atoms with Gasteiger partial charge in [-0.3, -0.25) is 14.5 Å². The first-order valence-corrected chi connectivity index (χ1v) is 10.4. The van der Waals surface area contributed by atoms with E-state index in [0.717, 1.165) is 14.5 Å². The number of ketones is 1. The first kappa shape index (κ1) is 19.6. The Hall–Kier alpha value is -2.70. The molecule has 1 atom stereocenters. The second-order valence-corrected chi connectivity index (χ2v) is 8.40. The van der Waals surface area contributed by atoms with Gasteiger partial charge in [0, 0.05) is 20.2 Å². The van der Waals surface area contributed by atoms with E-state index >= 15 is 0 Å². The van der Waals surface area contributed by atoms with Crippen molar-refractivity contribution in [2.75, 3.05) is 4.90 Å². The molecule has 0 saturated carbocycles. The molecule has 4 nitrogen and oxygen atoms in total. The number of carbonyl (C=O) groups excluding carboxylic acids is 2. The van der Waals surface area contributed by atoms with E-state index in [4.69, 9.17) is 0 Å². The van der Waals surface area contributed by atoms with Crippen LogP contribution in [-0.2, 0) is 9.59 Å². The van der Waals surface area contributed by atoms with Gasteiger partial charge in [-0.15, -0.1) is 0 Å². The maximum absolute atomic E-state index is 13.0. The van der Waals surface area contributed by atoms with Gasteiger partial charge in [-0.25, -0.2) is 0 Å². The predicted octanol–water partition coefficient (Wildman–Crippen LogP) is 5.84. The minimum atomic E-state index is -0.738. The van der Waals surface area contributed by atoms with Gasteiger partial charge >= 0.3 is 0 Å². The van der Waals surface area contributed by atoms with Gasteiger partial charge in [0.05, 0.1) is 11.6 Å². The van der Waals surface area contributed by atoms with Gasteiger partial charge in [-0.2, -0.15) is 0 Å². The molecule has 4 rings (SSSR count). The fourth-order valence-electron chi connectivity index (χ4n) is 3.44. The van der Waals surface area contributed by atoms with Crippen LogP contribution >= 0.6 is 31.9 Å².